The highest BCUT2D eigenvalue weighted by Crippen LogP contribution is 2.07. The largest absolute Gasteiger partial charge is 0.466 e. The molecule has 0 radical (unpaired) electrons. The van der Waals surface area contributed by atoms with E-state index >= 15 is 0 Å². The van der Waals surface area contributed by atoms with Crippen LogP contribution < -0.4 is 0 Å². The Kier molecular flexibility index (Phi) is 18.3. The maximum atomic E-state index is 9.84. The maximum Gasteiger partial charge on any atom is 0.329 e. The van der Waals surface area contributed by atoms with E-state index in [-0.39, 0.29) is 0 Å². The standard InChI is InChI=1S/C10H22.C4H6O2/c1-3-5-7-9-10-8-6-4-2;1-3-4(5)6-2/h3-10H2,1-2H3;3H,1H2,2H3. The Balaban J connectivity index is 0. The molecule has 0 fully saturated rings. The summed E-state index contributed by atoms with van der Waals surface area (Å²) in [4.78, 5) is 9.84. The summed E-state index contributed by atoms with van der Waals surface area (Å²) in [5.74, 6) is -0.394. The summed E-state index contributed by atoms with van der Waals surface area (Å²) in [6.45, 7) is 7.70. The van der Waals surface area contributed by atoms with Crippen LogP contribution in [0.1, 0.15) is 65.2 Å². The van der Waals surface area contributed by atoms with Crippen LogP contribution in [0.3, 0.4) is 0 Å². The zero-order chi connectivity index (χ0) is 12.6. The molecule has 2 heteroatoms. The third-order valence-corrected chi connectivity index (χ3v) is 2.32. The molecule has 0 N–H and O–H groups in total. The summed E-state index contributed by atoms with van der Waals surface area (Å²) in [6, 6.07) is 0. The second-order valence-electron chi connectivity index (χ2n) is 3.85. The Labute approximate surface area is 101 Å². The molecule has 2 nitrogen and oxygen atoms in total. The fraction of sp³-hybridized carbons (Fsp3) is 0.786. The predicted molar refractivity (Wildman–Crippen MR) is 70.5 cm³/mol. The lowest BCUT2D eigenvalue weighted by molar-refractivity contribution is -0.134. The number of rotatable bonds is 8. The quantitative estimate of drug-likeness (QED) is 0.347. The van der Waals surface area contributed by atoms with E-state index in [0.717, 1.165) is 6.08 Å². The van der Waals surface area contributed by atoms with Crippen LogP contribution >= 0.6 is 0 Å². The van der Waals surface area contributed by atoms with Gasteiger partial charge >= 0.3 is 5.97 Å². The molecule has 16 heavy (non-hydrogen) atoms. The van der Waals surface area contributed by atoms with Crippen LogP contribution in [-0.2, 0) is 9.53 Å². The molecule has 0 atom stereocenters. The molecule has 0 aromatic rings. The van der Waals surface area contributed by atoms with E-state index in [2.05, 4.69) is 25.2 Å². The zero-order valence-corrected chi connectivity index (χ0v) is 11.3. The first-order valence-electron chi connectivity index (χ1n) is 6.43. The van der Waals surface area contributed by atoms with Gasteiger partial charge in [0, 0.05) is 6.08 Å². The Bertz CT molecular complexity index is 145. The minimum atomic E-state index is -0.394. The average molecular weight is 228 g/mol. The lowest BCUT2D eigenvalue weighted by atomic mass is 10.1. The van der Waals surface area contributed by atoms with Crippen molar-refractivity contribution in [2.45, 2.75) is 65.2 Å². The van der Waals surface area contributed by atoms with Gasteiger partial charge in [-0.25, -0.2) is 4.79 Å². The van der Waals surface area contributed by atoms with Gasteiger partial charge < -0.3 is 4.74 Å². The van der Waals surface area contributed by atoms with Gasteiger partial charge in [0.25, 0.3) is 0 Å². The van der Waals surface area contributed by atoms with Gasteiger partial charge in [-0.1, -0.05) is 71.8 Å². The molecule has 0 aliphatic carbocycles. The zero-order valence-electron chi connectivity index (χ0n) is 11.3. The van der Waals surface area contributed by atoms with Crippen LogP contribution in [-0.4, -0.2) is 13.1 Å². The third-order valence-electron chi connectivity index (χ3n) is 2.32. The summed E-state index contributed by atoms with van der Waals surface area (Å²) in [5.41, 5.74) is 0. The summed E-state index contributed by atoms with van der Waals surface area (Å²) in [6.07, 6.45) is 12.6. The van der Waals surface area contributed by atoms with E-state index < -0.39 is 5.97 Å². The first-order valence-corrected chi connectivity index (χ1v) is 6.43. The number of methoxy groups -OCH3 is 1. The van der Waals surface area contributed by atoms with Gasteiger partial charge in [-0.2, -0.15) is 0 Å². The van der Waals surface area contributed by atoms with Gasteiger partial charge in [0.15, 0.2) is 0 Å². The van der Waals surface area contributed by atoms with Crippen LogP contribution in [0, 0.1) is 0 Å². The number of esters is 1. The predicted octanol–water partition coefficient (Wildman–Crippen LogP) is 4.49. The van der Waals surface area contributed by atoms with Crippen LogP contribution in [0.4, 0.5) is 0 Å². The second-order valence-corrected chi connectivity index (χ2v) is 3.85. The third kappa shape index (κ3) is 18.9. The molecule has 0 spiro atoms. The summed E-state index contributed by atoms with van der Waals surface area (Å²) in [5, 5.41) is 0. The van der Waals surface area contributed by atoms with E-state index in [0.29, 0.717) is 0 Å². The highest BCUT2D eigenvalue weighted by Gasteiger charge is 1.87. The molecule has 0 heterocycles. The first kappa shape index (κ1) is 17.6. The highest BCUT2D eigenvalue weighted by molar-refractivity contribution is 5.80. The maximum absolute atomic E-state index is 9.84. The molecule has 0 saturated heterocycles. The summed E-state index contributed by atoms with van der Waals surface area (Å²) >= 11 is 0. The molecule has 0 aliphatic rings. The van der Waals surface area contributed by atoms with E-state index in [1.165, 1.54) is 58.5 Å². The molecule has 0 unspecified atom stereocenters. The van der Waals surface area contributed by atoms with Crippen molar-refractivity contribution in [1.82, 2.24) is 0 Å². The van der Waals surface area contributed by atoms with Crippen molar-refractivity contribution in [1.29, 1.82) is 0 Å². The Morgan fingerprint density at radius 1 is 1.00 bits per heavy atom. The molecule has 96 valence electrons. The summed E-state index contributed by atoms with van der Waals surface area (Å²) < 4.78 is 4.14. The topological polar surface area (TPSA) is 26.3 Å². The number of unbranched alkanes of at least 4 members (excludes halogenated alkanes) is 7. The molecule has 0 aliphatic heterocycles. The number of hydrogen-bond acceptors (Lipinski definition) is 2. The normalized spacial score (nSPS) is 8.94. The molecular formula is C14H28O2. The van der Waals surface area contributed by atoms with Crippen LogP contribution in [0.5, 0.6) is 0 Å². The lowest BCUT2D eigenvalue weighted by Crippen LogP contribution is -1.91. The number of ether oxygens (including phenoxy) is 1. The SMILES string of the molecule is C=CC(=O)OC.CCCCCCCCCC. The van der Waals surface area contributed by atoms with Crippen LogP contribution in [0.15, 0.2) is 12.7 Å². The van der Waals surface area contributed by atoms with E-state index in [4.69, 9.17) is 0 Å². The molecular weight excluding hydrogens is 200 g/mol. The summed E-state index contributed by atoms with van der Waals surface area (Å²) in [7, 11) is 1.31. The van der Waals surface area contributed by atoms with Crippen molar-refractivity contribution in [2.75, 3.05) is 7.11 Å². The van der Waals surface area contributed by atoms with Gasteiger partial charge in [0.05, 0.1) is 7.11 Å². The van der Waals surface area contributed by atoms with Crippen molar-refractivity contribution in [3.05, 3.63) is 12.7 Å². The number of carbonyl (C=O) groups is 1. The van der Waals surface area contributed by atoms with Crippen LogP contribution in [0.25, 0.3) is 0 Å². The van der Waals surface area contributed by atoms with Gasteiger partial charge in [0.2, 0.25) is 0 Å². The second kappa shape index (κ2) is 16.6. The van der Waals surface area contributed by atoms with Gasteiger partial charge in [-0.05, 0) is 0 Å². The molecule has 0 bridgehead atoms. The van der Waals surface area contributed by atoms with Gasteiger partial charge in [-0.3, -0.25) is 0 Å². The van der Waals surface area contributed by atoms with Gasteiger partial charge in [-0.15, -0.1) is 0 Å². The van der Waals surface area contributed by atoms with Crippen molar-refractivity contribution < 1.29 is 9.53 Å². The molecule has 0 saturated carbocycles. The fourth-order valence-corrected chi connectivity index (χ4v) is 1.29. The average Bonchev–Trinajstić information content (AvgIpc) is 2.33. The van der Waals surface area contributed by atoms with Gasteiger partial charge in [0.1, 0.15) is 0 Å². The monoisotopic (exact) mass is 228 g/mol. The minimum absolute atomic E-state index is 0.394. The van der Waals surface area contributed by atoms with Crippen molar-refractivity contribution in [3.8, 4) is 0 Å². The molecule has 0 aromatic heterocycles. The Morgan fingerprint density at radius 3 is 1.56 bits per heavy atom. The number of hydrogen-bond donors (Lipinski definition) is 0. The van der Waals surface area contributed by atoms with Crippen molar-refractivity contribution >= 4 is 5.97 Å². The van der Waals surface area contributed by atoms with Crippen LogP contribution in [0.2, 0.25) is 0 Å². The van der Waals surface area contributed by atoms with Crippen molar-refractivity contribution in [3.63, 3.8) is 0 Å². The van der Waals surface area contributed by atoms with E-state index in [1.807, 2.05) is 0 Å². The highest BCUT2D eigenvalue weighted by atomic mass is 16.5. The first-order chi connectivity index (χ1) is 7.72. The van der Waals surface area contributed by atoms with E-state index in [9.17, 15) is 4.79 Å². The Morgan fingerprint density at radius 2 is 1.38 bits per heavy atom. The lowest BCUT2D eigenvalue weighted by Gasteiger charge is -1.97. The Hall–Kier alpha value is -0.790. The smallest absolute Gasteiger partial charge is 0.329 e. The fourth-order valence-electron chi connectivity index (χ4n) is 1.29. The molecule has 0 rings (SSSR count). The van der Waals surface area contributed by atoms with Crippen molar-refractivity contribution in [2.24, 2.45) is 0 Å². The number of carbonyl (C=O) groups excluding carboxylic acids is 1. The van der Waals surface area contributed by atoms with E-state index in [1.54, 1.807) is 0 Å². The minimum Gasteiger partial charge on any atom is -0.466 e. The molecule has 0 aromatic carbocycles. The molecule has 0 amide bonds.